The van der Waals surface area contributed by atoms with E-state index in [9.17, 15) is 0 Å². The Hall–Kier alpha value is -1.74. The fourth-order valence-electron chi connectivity index (χ4n) is 2.19. The van der Waals surface area contributed by atoms with Crippen LogP contribution in [0.4, 0.5) is 0 Å². The third kappa shape index (κ3) is 3.05. The molecule has 0 N–H and O–H groups in total. The molecule has 2 aromatic rings. The lowest BCUT2D eigenvalue weighted by atomic mass is 10.0. The van der Waals surface area contributed by atoms with Crippen LogP contribution < -0.4 is 9.47 Å². The quantitative estimate of drug-likeness (QED) is 0.782. The van der Waals surface area contributed by atoms with Crippen molar-refractivity contribution in [3.8, 4) is 11.5 Å². The third-order valence-corrected chi connectivity index (χ3v) is 3.64. The summed E-state index contributed by atoms with van der Waals surface area (Å²) >= 11 is 6.58. The van der Waals surface area contributed by atoms with Gasteiger partial charge < -0.3 is 9.47 Å². The first kappa shape index (κ1) is 14.7. The highest BCUT2D eigenvalue weighted by molar-refractivity contribution is 6.21. The van der Waals surface area contributed by atoms with E-state index >= 15 is 0 Å². The lowest BCUT2D eigenvalue weighted by molar-refractivity contribution is 0.384. The van der Waals surface area contributed by atoms with E-state index < -0.39 is 0 Å². The monoisotopic (exact) mass is 291 g/mol. The van der Waals surface area contributed by atoms with E-state index in [0.717, 1.165) is 28.3 Å². The van der Waals surface area contributed by atoms with Crippen molar-refractivity contribution < 1.29 is 9.47 Å². The van der Waals surface area contributed by atoms with Crippen molar-refractivity contribution in [1.29, 1.82) is 0 Å². The fourth-order valence-corrected chi connectivity index (χ4v) is 2.55. The topological polar surface area (TPSA) is 31.4 Å². The summed E-state index contributed by atoms with van der Waals surface area (Å²) in [5.41, 5.74) is 2.98. The molecule has 1 unspecified atom stereocenters. The van der Waals surface area contributed by atoms with E-state index in [0.29, 0.717) is 6.42 Å². The van der Waals surface area contributed by atoms with Gasteiger partial charge in [-0.15, -0.1) is 11.6 Å². The highest BCUT2D eigenvalue weighted by atomic mass is 35.5. The molecular formula is C16H18ClNO2. The van der Waals surface area contributed by atoms with Crippen LogP contribution in [0.15, 0.2) is 36.5 Å². The van der Waals surface area contributed by atoms with Crippen LogP contribution in [0, 0.1) is 6.92 Å². The molecule has 4 heteroatoms. The largest absolute Gasteiger partial charge is 0.496 e. The minimum atomic E-state index is -0.255. The predicted molar refractivity (Wildman–Crippen MR) is 80.8 cm³/mol. The van der Waals surface area contributed by atoms with E-state index in [2.05, 4.69) is 4.98 Å². The highest BCUT2D eigenvalue weighted by Gasteiger charge is 2.20. The number of nitrogens with zero attached hydrogens (tertiary/aromatic N) is 1. The van der Waals surface area contributed by atoms with Gasteiger partial charge in [0.15, 0.2) is 0 Å². The van der Waals surface area contributed by atoms with Gasteiger partial charge >= 0.3 is 0 Å². The summed E-state index contributed by atoms with van der Waals surface area (Å²) in [7, 11) is 3.27. The van der Waals surface area contributed by atoms with Crippen molar-refractivity contribution in [3.05, 3.63) is 53.3 Å². The Morgan fingerprint density at radius 3 is 2.30 bits per heavy atom. The Morgan fingerprint density at radius 2 is 1.75 bits per heavy atom. The smallest absolute Gasteiger partial charge is 0.127 e. The Balaban J connectivity index is 2.34. The molecule has 0 radical (unpaired) electrons. The van der Waals surface area contributed by atoms with Gasteiger partial charge in [0.25, 0.3) is 0 Å². The Morgan fingerprint density at radius 1 is 1.10 bits per heavy atom. The second kappa shape index (κ2) is 6.62. The first-order valence-corrected chi connectivity index (χ1v) is 6.86. The average molecular weight is 292 g/mol. The van der Waals surface area contributed by atoms with Crippen LogP contribution in [0.5, 0.6) is 11.5 Å². The number of hydrogen-bond acceptors (Lipinski definition) is 3. The minimum absolute atomic E-state index is 0.255. The summed E-state index contributed by atoms with van der Waals surface area (Å²) in [6.45, 7) is 2.03. The molecule has 0 saturated heterocycles. The number of aryl methyl sites for hydroxylation is 1. The Kier molecular flexibility index (Phi) is 4.85. The molecular weight excluding hydrogens is 274 g/mol. The van der Waals surface area contributed by atoms with Crippen molar-refractivity contribution in [2.75, 3.05) is 14.2 Å². The molecule has 0 fully saturated rings. The summed E-state index contributed by atoms with van der Waals surface area (Å²) < 4.78 is 10.8. The molecule has 0 aliphatic heterocycles. The van der Waals surface area contributed by atoms with E-state index in [1.165, 1.54) is 0 Å². The number of halogens is 1. The van der Waals surface area contributed by atoms with Gasteiger partial charge in [-0.05, 0) is 30.7 Å². The number of alkyl halides is 1. The molecule has 20 heavy (non-hydrogen) atoms. The van der Waals surface area contributed by atoms with Gasteiger partial charge in [0.05, 0.1) is 25.2 Å². The zero-order valence-corrected chi connectivity index (χ0v) is 12.6. The molecule has 1 aromatic heterocycles. The van der Waals surface area contributed by atoms with Crippen molar-refractivity contribution in [2.45, 2.75) is 18.7 Å². The number of hydrogen-bond donors (Lipinski definition) is 0. The van der Waals surface area contributed by atoms with E-state index in [-0.39, 0.29) is 5.38 Å². The lowest BCUT2D eigenvalue weighted by Gasteiger charge is -2.17. The maximum atomic E-state index is 6.58. The van der Waals surface area contributed by atoms with Crippen LogP contribution in [-0.2, 0) is 6.42 Å². The minimum Gasteiger partial charge on any atom is -0.496 e. The van der Waals surface area contributed by atoms with Gasteiger partial charge in [0.1, 0.15) is 11.5 Å². The predicted octanol–water partition coefficient (Wildman–Crippen LogP) is 3.93. The fraction of sp³-hybridized carbons (Fsp3) is 0.312. The van der Waals surface area contributed by atoms with Gasteiger partial charge in [-0.2, -0.15) is 0 Å². The maximum absolute atomic E-state index is 6.58. The molecule has 1 atom stereocenters. The lowest BCUT2D eigenvalue weighted by Crippen LogP contribution is -2.04. The summed E-state index contributed by atoms with van der Waals surface area (Å²) in [5.74, 6) is 1.47. The van der Waals surface area contributed by atoms with Crippen LogP contribution in [-0.4, -0.2) is 19.2 Å². The van der Waals surface area contributed by atoms with Crippen LogP contribution in [0.25, 0.3) is 0 Å². The number of aromatic nitrogens is 1. The molecule has 2 rings (SSSR count). The first-order valence-electron chi connectivity index (χ1n) is 6.42. The Bertz CT molecular complexity index is 564. The van der Waals surface area contributed by atoms with Crippen LogP contribution in [0.2, 0.25) is 0 Å². The zero-order valence-electron chi connectivity index (χ0n) is 11.9. The first-order chi connectivity index (χ1) is 9.67. The maximum Gasteiger partial charge on any atom is 0.127 e. The second-order valence-corrected chi connectivity index (χ2v) is 5.04. The molecule has 0 aliphatic carbocycles. The van der Waals surface area contributed by atoms with Crippen molar-refractivity contribution >= 4 is 11.6 Å². The molecule has 0 amide bonds. The molecule has 106 valence electrons. The van der Waals surface area contributed by atoms with Gasteiger partial charge in [-0.25, -0.2) is 0 Å². The number of ether oxygens (including phenoxy) is 2. The van der Waals surface area contributed by atoms with Crippen LogP contribution in [0.3, 0.4) is 0 Å². The SMILES string of the molecule is COc1cccc(OC)c1C(Cl)Cc1ncccc1C. The van der Waals surface area contributed by atoms with Gasteiger partial charge in [-0.3, -0.25) is 4.98 Å². The molecule has 0 spiro atoms. The standard InChI is InChI=1S/C16H18ClNO2/c1-11-6-5-9-18-13(11)10-12(17)16-14(19-2)7-4-8-15(16)20-3/h4-9,12H,10H2,1-3H3. The number of benzene rings is 1. The molecule has 3 nitrogen and oxygen atoms in total. The van der Waals surface area contributed by atoms with Gasteiger partial charge in [-0.1, -0.05) is 12.1 Å². The van der Waals surface area contributed by atoms with Gasteiger partial charge in [0.2, 0.25) is 0 Å². The molecule has 0 bridgehead atoms. The average Bonchev–Trinajstić information content (AvgIpc) is 2.48. The molecule has 1 aromatic carbocycles. The van der Waals surface area contributed by atoms with Crippen LogP contribution in [0.1, 0.15) is 22.2 Å². The number of pyridine rings is 1. The number of methoxy groups -OCH3 is 2. The molecule has 1 heterocycles. The summed E-state index contributed by atoms with van der Waals surface area (Å²) in [4.78, 5) is 4.39. The normalized spacial score (nSPS) is 12.0. The molecule has 0 saturated carbocycles. The summed E-state index contributed by atoms with van der Waals surface area (Å²) in [5, 5.41) is -0.255. The third-order valence-electron chi connectivity index (χ3n) is 3.27. The van der Waals surface area contributed by atoms with E-state index in [1.54, 1.807) is 20.4 Å². The Labute approximate surface area is 124 Å². The second-order valence-electron chi connectivity index (χ2n) is 4.51. The van der Waals surface area contributed by atoms with E-state index in [4.69, 9.17) is 21.1 Å². The molecule has 0 aliphatic rings. The van der Waals surface area contributed by atoms with Crippen molar-refractivity contribution in [1.82, 2.24) is 4.98 Å². The van der Waals surface area contributed by atoms with Crippen molar-refractivity contribution in [2.24, 2.45) is 0 Å². The van der Waals surface area contributed by atoms with E-state index in [1.807, 2.05) is 37.3 Å². The highest BCUT2D eigenvalue weighted by Crippen LogP contribution is 2.39. The van der Waals surface area contributed by atoms with Crippen molar-refractivity contribution in [3.63, 3.8) is 0 Å². The summed E-state index contributed by atoms with van der Waals surface area (Å²) in [6, 6.07) is 9.62. The van der Waals surface area contributed by atoms with Gasteiger partial charge in [0, 0.05) is 18.3 Å². The summed E-state index contributed by atoms with van der Waals surface area (Å²) in [6.07, 6.45) is 2.41. The van der Waals surface area contributed by atoms with Crippen LogP contribution >= 0.6 is 11.6 Å². The zero-order chi connectivity index (χ0) is 14.5. The number of rotatable bonds is 5.